The van der Waals surface area contributed by atoms with E-state index >= 15 is 0 Å². The van der Waals surface area contributed by atoms with Crippen molar-refractivity contribution in [2.45, 2.75) is 25.0 Å². The molecule has 2 heterocycles. The van der Waals surface area contributed by atoms with Crippen molar-refractivity contribution in [3.63, 3.8) is 0 Å². The quantitative estimate of drug-likeness (QED) is 0.755. The lowest BCUT2D eigenvalue weighted by Gasteiger charge is -2.23. The Balaban J connectivity index is 1.81. The number of thiophene rings is 1. The van der Waals surface area contributed by atoms with Gasteiger partial charge in [-0.1, -0.05) is 17.9 Å². The van der Waals surface area contributed by atoms with Crippen molar-refractivity contribution in [1.82, 2.24) is 0 Å². The predicted octanol–water partition coefficient (Wildman–Crippen LogP) is 2.20. The predicted molar refractivity (Wildman–Crippen MR) is 65.3 cm³/mol. The first-order chi connectivity index (χ1) is 7.84. The Morgan fingerprint density at radius 3 is 3.12 bits per heavy atom. The topological polar surface area (TPSA) is 29.5 Å². The van der Waals surface area contributed by atoms with Crippen LogP contribution in [0.2, 0.25) is 0 Å². The molecule has 2 unspecified atom stereocenters. The average molecular weight is 234 g/mol. The molecule has 84 valence electrons. The highest BCUT2D eigenvalue weighted by Crippen LogP contribution is 2.14. The highest BCUT2D eigenvalue weighted by Gasteiger charge is 2.16. The van der Waals surface area contributed by atoms with Crippen molar-refractivity contribution in [1.29, 1.82) is 0 Å². The fourth-order valence-electron chi connectivity index (χ4n) is 1.53. The number of allylic oxidation sites excluding steroid dienone is 1. The zero-order valence-corrected chi connectivity index (χ0v) is 9.74. The monoisotopic (exact) mass is 234 g/mol. The van der Waals surface area contributed by atoms with E-state index < -0.39 is 0 Å². The second-order valence-electron chi connectivity index (χ2n) is 3.71. The summed E-state index contributed by atoms with van der Waals surface area (Å²) in [6.07, 6.45) is 5.31. The fourth-order valence-corrected chi connectivity index (χ4v) is 2.11. The van der Waals surface area contributed by atoms with Crippen LogP contribution in [0.3, 0.4) is 0 Å². The lowest BCUT2D eigenvalue weighted by molar-refractivity contribution is -0.0358. The Hall–Kier alpha value is -1.08. The minimum atomic E-state index is -0.290. The standard InChI is InChI=1S/C13H14O2S/c14-11-7-8-12(15-10-11)4-1-2-5-13-6-3-9-16-13/h1,3-4,6,9,11-12,14H,7-8,10H2. The van der Waals surface area contributed by atoms with Gasteiger partial charge >= 0.3 is 0 Å². The van der Waals surface area contributed by atoms with Crippen molar-refractivity contribution in [3.8, 4) is 11.8 Å². The minimum Gasteiger partial charge on any atom is -0.391 e. The number of ether oxygens (including phenoxy) is 1. The molecule has 1 fully saturated rings. The molecule has 1 saturated heterocycles. The maximum Gasteiger partial charge on any atom is 0.0775 e. The summed E-state index contributed by atoms with van der Waals surface area (Å²) in [5.74, 6) is 6.03. The first kappa shape index (κ1) is 11.4. The van der Waals surface area contributed by atoms with Crippen LogP contribution in [-0.4, -0.2) is 23.9 Å². The highest BCUT2D eigenvalue weighted by atomic mass is 32.1. The van der Waals surface area contributed by atoms with E-state index in [1.165, 1.54) is 0 Å². The SMILES string of the molecule is OC1CCC(C=CC#Cc2cccs2)OC1. The van der Waals surface area contributed by atoms with Gasteiger partial charge in [-0.25, -0.2) is 0 Å². The molecule has 16 heavy (non-hydrogen) atoms. The molecule has 2 nitrogen and oxygen atoms in total. The van der Waals surface area contributed by atoms with Gasteiger partial charge in [0.15, 0.2) is 0 Å². The van der Waals surface area contributed by atoms with E-state index in [-0.39, 0.29) is 12.2 Å². The lowest BCUT2D eigenvalue weighted by atomic mass is 10.1. The normalized spacial score (nSPS) is 25.3. The summed E-state index contributed by atoms with van der Waals surface area (Å²) < 4.78 is 5.43. The Kier molecular flexibility index (Phi) is 4.17. The average Bonchev–Trinajstić information content (AvgIpc) is 2.80. The van der Waals surface area contributed by atoms with Gasteiger partial charge < -0.3 is 9.84 Å². The van der Waals surface area contributed by atoms with Gasteiger partial charge in [-0.3, -0.25) is 0 Å². The largest absolute Gasteiger partial charge is 0.391 e. The van der Waals surface area contributed by atoms with E-state index in [9.17, 15) is 5.11 Å². The van der Waals surface area contributed by atoms with Crippen LogP contribution in [0.4, 0.5) is 0 Å². The molecule has 0 bridgehead atoms. The molecular weight excluding hydrogens is 220 g/mol. The Bertz CT molecular complexity index is 389. The summed E-state index contributed by atoms with van der Waals surface area (Å²) in [6, 6.07) is 3.99. The first-order valence-corrected chi connectivity index (χ1v) is 6.24. The van der Waals surface area contributed by atoms with E-state index in [4.69, 9.17) is 4.74 Å². The number of hydrogen-bond acceptors (Lipinski definition) is 3. The molecule has 1 aromatic heterocycles. The maximum atomic E-state index is 9.25. The molecule has 0 aliphatic carbocycles. The molecule has 2 rings (SSSR count). The van der Waals surface area contributed by atoms with E-state index in [1.807, 2.05) is 29.7 Å². The molecule has 0 saturated carbocycles. The van der Waals surface area contributed by atoms with Gasteiger partial charge in [0.1, 0.15) is 0 Å². The van der Waals surface area contributed by atoms with Crippen LogP contribution in [0.5, 0.6) is 0 Å². The van der Waals surface area contributed by atoms with E-state index in [2.05, 4.69) is 11.8 Å². The van der Waals surface area contributed by atoms with Gasteiger partial charge in [0.2, 0.25) is 0 Å². The smallest absolute Gasteiger partial charge is 0.0775 e. The van der Waals surface area contributed by atoms with Crippen LogP contribution >= 0.6 is 11.3 Å². The zero-order valence-electron chi connectivity index (χ0n) is 8.93. The summed E-state index contributed by atoms with van der Waals surface area (Å²) in [4.78, 5) is 1.07. The van der Waals surface area contributed by atoms with Crippen LogP contribution in [0.25, 0.3) is 0 Å². The van der Waals surface area contributed by atoms with Crippen molar-refractivity contribution in [2.24, 2.45) is 0 Å². The number of aliphatic hydroxyl groups excluding tert-OH is 1. The summed E-state index contributed by atoms with van der Waals surface area (Å²) in [6.45, 7) is 0.438. The molecule has 1 N–H and O–H groups in total. The summed E-state index contributed by atoms with van der Waals surface area (Å²) in [5, 5.41) is 11.3. The minimum absolute atomic E-state index is 0.112. The van der Waals surface area contributed by atoms with E-state index in [1.54, 1.807) is 11.3 Å². The van der Waals surface area contributed by atoms with Gasteiger partial charge in [0.25, 0.3) is 0 Å². The van der Waals surface area contributed by atoms with Crippen molar-refractivity contribution in [2.75, 3.05) is 6.61 Å². The third-order valence-electron chi connectivity index (χ3n) is 2.40. The third-order valence-corrected chi connectivity index (χ3v) is 3.18. The van der Waals surface area contributed by atoms with Gasteiger partial charge in [-0.2, -0.15) is 0 Å². The van der Waals surface area contributed by atoms with Gasteiger partial charge in [0, 0.05) is 0 Å². The van der Waals surface area contributed by atoms with Crippen LogP contribution < -0.4 is 0 Å². The van der Waals surface area contributed by atoms with E-state index in [0.717, 1.165) is 17.7 Å². The van der Waals surface area contributed by atoms with Gasteiger partial charge in [-0.05, 0) is 36.4 Å². The van der Waals surface area contributed by atoms with Crippen LogP contribution in [0.1, 0.15) is 17.7 Å². The zero-order chi connectivity index (χ0) is 11.2. The van der Waals surface area contributed by atoms with Crippen molar-refractivity contribution in [3.05, 3.63) is 34.5 Å². The van der Waals surface area contributed by atoms with Crippen LogP contribution in [0.15, 0.2) is 29.7 Å². The molecule has 1 aromatic rings. The van der Waals surface area contributed by atoms with Gasteiger partial charge in [0.05, 0.1) is 23.7 Å². The van der Waals surface area contributed by atoms with Crippen molar-refractivity contribution < 1.29 is 9.84 Å². The molecule has 0 amide bonds. The molecule has 1 aliphatic rings. The molecular formula is C13H14O2S. The molecule has 0 radical (unpaired) electrons. The number of rotatable bonds is 1. The first-order valence-electron chi connectivity index (χ1n) is 5.36. The third kappa shape index (κ3) is 3.49. The number of hydrogen-bond donors (Lipinski definition) is 1. The molecule has 0 aromatic carbocycles. The lowest BCUT2D eigenvalue weighted by Crippen LogP contribution is -2.27. The second-order valence-corrected chi connectivity index (χ2v) is 4.66. The second kappa shape index (κ2) is 5.86. The fraction of sp³-hybridized carbons (Fsp3) is 0.385. The molecule has 1 aliphatic heterocycles. The van der Waals surface area contributed by atoms with Crippen LogP contribution in [-0.2, 0) is 4.74 Å². The van der Waals surface area contributed by atoms with Crippen molar-refractivity contribution >= 4 is 11.3 Å². The Morgan fingerprint density at radius 1 is 1.50 bits per heavy atom. The molecule has 0 spiro atoms. The molecule has 2 atom stereocenters. The maximum absolute atomic E-state index is 9.25. The van der Waals surface area contributed by atoms with Gasteiger partial charge in [-0.15, -0.1) is 11.3 Å². The Labute approximate surface area is 99.6 Å². The number of aliphatic hydroxyl groups is 1. The summed E-state index contributed by atoms with van der Waals surface area (Å²) in [7, 11) is 0. The molecule has 3 heteroatoms. The van der Waals surface area contributed by atoms with E-state index in [0.29, 0.717) is 6.61 Å². The Morgan fingerprint density at radius 2 is 2.44 bits per heavy atom. The van der Waals surface area contributed by atoms with Crippen LogP contribution in [0, 0.1) is 11.8 Å². The summed E-state index contributed by atoms with van der Waals surface area (Å²) in [5.41, 5.74) is 0. The highest BCUT2D eigenvalue weighted by molar-refractivity contribution is 7.10. The summed E-state index contributed by atoms with van der Waals surface area (Å²) >= 11 is 1.64.